The molecule has 0 aromatic carbocycles. The first kappa shape index (κ1) is 5.90. The molecule has 0 aliphatic carbocycles. The maximum absolute atomic E-state index is 4.76. The van der Waals surface area contributed by atoms with Crippen LogP contribution in [0.2, 0.25) is 0 Å². The highest BCUT2D eigenvalue weighted by atomic mass is 16.4. The van der Waals surface area contributed by atoms with Crippen molar-refractivity contribution in [2.45, 2.75) is 0 Å². The minimum Gasteiger partial charge on any atom is -0.412 e. The SMILES string of the molecule is [c]1nnc(-c2cnnnc2)o1. The Bertz CT molecular complexity index is 318. The molecule has 0 saturated carbocycles. The molecule has 2 aromatic heterocycles. The van der Waals surface area contributed by atoms with Gasteiger partial charge in [0, 0.05) is 0 Å². The van der Waals surface area contributed by atoms with E-state index in [0.29, 0.717) is 11.5 Å². The first-order chi connectivity index (χ1) is 5.47. The first-order valence-electron chi connectivity index (χ1n) is 2.80. The Morgan fingerprint density at radius 2 is 2.09 bits per heavy atom. The second-order valence-electron chi connectivity index (χ2n) is 1.73. The van der Waals surface area contributed by atoms with Crippen LogP contribution in [-0.2, 0) is 0 Å². The van der Waals surface area contributed by atoms with Gasteiger partial charge in [0.05, 0.1) is 18.0 Å². The lowest BCUT2D eigenvalue weighted by molar-refractivity contribution is 0.557. The van der Waals surface area contributed by atoms with Crippen LogP contribution in [0.1, 0.15) is 0 Å². The van der Waals surface area contributed by atoms with Crippen LogP contribution in [-0.4, -0.2) is 25.6 Å². The smallest absolute Gasteiger partial charge is 0.306 e. The fourth-order valence-electron chi connectivity index (χ4n) is 0.616. The van der Waals surface area contributed by atoms with Crippen molar-refractivity contribution in [2.75, 3.05) is 0 Å². The molecule has 2 aromatic rings. The summed E-state index contributed by atoms with van der Waals surface area (Å²) in [5.41, 5.74) is 0.633. The summed E-state index contributed by atoms with van der Waals surface area (Å²) in [6, 6.07) is 0. The van der Waals surface area contributed by atoms with Gasteiger partial charge in [0.25, 0.3) is 5.89 Å². The number of aromatic nitrogens is 5. The maximum Gasteiger partial charge on any atom is 0.306 e. The standard InChI is InChI=1S/C5H2N5O/c1-4(2-7-10-6-1)5-9-8-3-11-5/h1-2H. The number of hydrogen-bond donors (Lipinski definition) is 0. The number of nitrogens with zero attached hydrogens (tertiary/aromatic N) is 5. The lowest BCUT2D eigenvalue weighted by Gasteiger charge is -1.86. The number of hydrogen-bond acceptors (Lipinski definition) is 6. The summed E-state index contributed by atoms with van der Waals surface area (Å²) >= 11 is 0. The zero-order valence-electron chi connectivity index (χ0n) is 5.30. The zero-order chi connectivity index (χ0) is 7.52. The van der Waals surface area contributed by atoms with Crippen molar-refractivity contribution in [2.24, 2.45) is 0 Å². The summed E-state index contributed by atoms with van der Waals surface area (Å²) in [7, 11) is 0. The third-order valence-electron chi connectivity index (χ3n) is 1.07. The fraction of sp³-hybridized carbons (Fsp3) is 0. The molecule has 11 heavy (non-hydrogen) atoms. The van der Waals surface area contributed by atoms with Crippen molar-refractivity contribution >= 4 is 0 Å². The Morgan fingerprint density at radius 3 is 2.73 bits per heavy atom. The van der Waals surface area contributed by atoms with Gasteiger partial charge in [-0.05, 0) is 5.21 Å². The van der Waals surface area contributed by atoms with Gasteiger partial charge in [-0.1, -0.05) is 0 Å². The van der Waals surface area contributed by atoms with Crippen LogP contribution in [0.3, 0.4) is 0 Å². The van der Waals surface area contributed by atoms with Gasteiger partial charge in [-0.2, -0.15) is 0 Å². The molecule has 0 aliphatic heterocycles. The molecule has 0 saturated heterocycles. The van der Waals surface area contributed by atoms with Gasteiger partial charge >= 0.3 is 6.39 Å². The Morgan fingerprint density at radius 1 is 1.27 bits per heavy atom. The maximum atomic E-state index is 4.76. The summed E-state index contributed by atoms with van der Waals surface area (Å²) in [5.74, 6) is 0.340. The van der Waals surface area contributed by atoms with Gasteiger partial charge < -0.3 is 4.42 Å². The Balaban J connectivity index is 2.46. The Hall–Kier alpha value is -1.85. The molecule has 0 spiro atoms. The molecule has 6 nitrogen and oxygen atoms in total. The average molecular weight is 148 g/mol. The van der Waals surface area contributed by atoms with E-state index in [2.05, 4.69) is 32.0 Å². The molecular formula is C5H2N5O. The second-order valence-corrected chi connectivity index (χ2v) is 1.73. The van der Waals surface area contributed by atoms with Crippen molar-refractivity contribution in [3.05, 3.63) is 18.8 Å². The van der Waals surface area contributed by atoms with E-state index >= 15 is 0 Å². The van der Waals surface area contributed by atoms with E-state index in [9.17, 15) is 0 Å². The molecule has 0 N–H and O–H groups in total. The minimum atomic E-state index is 0.340. The highest BCUT2D eigenvalue weighted by Gasteiger charge is 2.02. The van der Waals surface area contributed by atoms with E-state index in [1.54, 1.807) is 0 Å². The van der Waals surface area contributed by atoms with Crippen molar-refractivity contribution in [1.82, 2.24) is 25.6 Å². The van der Waals surface area contributed by atoms with Crippen LogP contribution in [0.5, 0.6) is 0 Å². The van der Waals surface area contributed by atoms with Gasteiger partial charge in [0.15, 0.2) is 0 Å². The van der Waals surface area contributed by atoms with E-state index in [-0.39, 0.29) is 0 Å². The summed E-state index contributed by atoms with van der Waals surface area (Å²) in [5, 5.41) is 17.4. The first-order valence-corrected chi connectivity index (χ1v) is 2.80. The summed E-state index contributed by atoms with van der Waals surface area (Å²) in [6.07, 6.45) is 5.18. The van der Waals surface area contributed by atoms with Crippen molar-refractivity contribution < 1.29 is 4.42 Å². The van der Waals surface area contributed by atoms with Gasteiger partial charge in [-0.15, -0.1) is 20.4 Å². The number of rotatable bonds is 1. The topological polar surface area (TPSA) is 77.6 Å². The van der Waals surface area contributed by atoms with E-state index in [1.165, 1.54) is 12.4 Å². The summed E-state index contributed by atoms with van der Waals surface area (Å²) in [4.78, 5) is 0. The minimum absolute atomic E-state index is 0.340. The lowest BCUT2D eigenvalue weighted by atomic mass is 10.4. The van der Waals surface area contributed by atoms with Crippen LogP contribution in [0, 0.1) is 6.39 Å². The third kappa shape index (κ3) is 1.05. The Kier molecular flexibility index (Phi) is 1.29. The molecule has 2 heterocycles. The van der Waals surface area contributed by atoms with Gasteiger partial charge in [-0.25, -0.2) is 0 Å². The molecule has 0 amide bonds. The Labute approximate surface area is 61.3 Å². The fourth-order valence-corrected chi connectivity index (χ4v) is 0.616. The zero-order valence-corrected chi connectivity index (χ0v) is 5.30. The molecule has 1 radical (unpaired) electrons. The van der Waals surface area contributed by atoms with Crippen molar-refractivity contribution in [1.29, 1.82) is 0 Å². The predicted molar refractivity (Wildman–Crippen MR) is 32.0 cm³/mol. The van der Waals surface area contributed by atoms with Gasteiger partial charge in [0.2, 0.25) is 0 Å². The van der Waals surface area contributed by atoms with Crippen molar-refractivity contribution in [3.8, 4) is 11.5 Å². The van der Waals surface area contributed by atoms with Crippen LogP contribution >= 0.6 is 0 Å². The van der Waals surface area contributed by atoms with E-state index in [4.69, 9.17) is 4.42 Å². The van der Waals surface area contributed by atoms with Gasteiger partial charge in [-0.3, -0.25) is 0 Å². The molecule has 0 aliphatic rings. The highest BCUT2D eigenvalue weighted by molar-refractivity contribution is 5.47. The van der Waals surface area contributed by atoms with E-state index in [0.717, 1.165) is 0 Å². The van der Waals surface area contributed by atoms with Gasteiger partial charge in [0.1, 0.15) is 0 Å². The summed E-state index contributed by atoms with van der Waals surface area (Å²) < 4.78 is 4.76. The van der Waals surface area contributed by atoms with Crippen molar-refractivity contribution in [3.63, 3.8) is 0 Å². The van der Waals surface area contributed by atoms with Crippen LogP contribution in [0.25, 0.3) is 11.5 Å². The average Bonchev–Trinajstić information content (AvgIpc) is 2.58. The highest BCUT2D eigenvalue weighted by Crippen LogP contribution is 2.10. The molecule has 2 rings (SSSR count). The normalized spacial score (nSPS) is 9.82. The predicted octanol–water partition coefficient (Wildman–Crippen LogP) is -0.278. The second kappa shape index (κ2) is 2.41. The van der Waals surface area contributed by atoms with Crippen LogP contribution in [0.4, 0.5) is 0 Å². The molecule has 0 bridgehead atoms. The molecule has 0 atom stereocenters. The van der Waals surface area contributed by atoms with Crippen LogP contribution < -0.4 is 0 Å². The molecule has 0 fully saturated rings. The van der Waals surface area contributed by atoms with E-state index in [1.807, 2.05) is 0 Å². The van der Waals surface area contributed by atoms with E-state index < -0.39 is 0 Å². The molecule has 6 heteroatoms. The summed E-state index contributed by atoms with van der Waals surface area (Å²) in [6.45, 7) is 0. The quantitative estimate of drug-likeness (QED) is 0.553. The molecular weight excluding hydrogens is 146 g/mol. The third-order valence-corrected chi connectivity index (χ3v) is 1.07. The van der Waals surface area contributed by atoms with Crippen LogP contribution in [0.15, 0.2) is 16.8 Å². The monoisotopic (exact) mass is 148 g/mol. The lowest BCUT2D eigenvalue weighted by Crippen LogP contribution is -1.86. The molecule has 53 valence electrons. The molecule has 0 unspecified atom stereocenters. The largest absolute Gasteiger partial charge is 0.412 e.